The molecule has 11 heavy (non-hydrogen) atoms. The topological polar surface area (TPSA) is 0 Å². The van der Waals surface area contributed by atoms with Gasteiger partial charge in [-0.1, -0.05) is 19.3 Å². The lowest BCUT2D eigenvalue weighted by atomic mass is 9.72. The summed E-state index contributed by atoms with van der Waals surface area (Å²) in [6.45, 7) is 0. The molecule has 2 fully saturated rings. The Bertz CT molecular complexity index is 99.3. The van der Waals surface area contributed by atoms with Crippen LogP contribution in [0.4, 0.5) is 0 Å². The molecule has 0 N–H and O–H groups in total. The molecule has 0 unspecified atom stereocenters. The molecule has 1 heteroatoms. The Kier molecular flexibility index (Phi) is 2.45. The van der Waals surface area contributed by atoms with Crippen LogP contribution in [-0.4, -0.2) is 11.5 Å². The highest BCUT2D eigenvalue weighted by atomic mass is 32.2. The third kappa shape index (κ3) is 1.74. The van der Waals surface area contributed by atoms with Crippen molar-refractivity contribution in [1.29, 1.82) is 0 Å². The largest absolute Gasteiger partial charge is 0.161 e. The lowest BCUT2D eigenvalue weighted by Gasteiger charge is -2.40. The summed E-state index contributed by atoms with van der Waals surface area (Å²) in [6.07, 6.45) is 10.7. The average molecular weight is 170 g/mol. The van der Waals surface area contributed by atoms with Crippen LogP contribution in [0.15, 0.2) is 0 Å². The van der Waals surface area contributed by atoms with Gasteiger partial charge in [-0.3, -0.25) is 0 Å². The zero-order chi connectivity index (χ0) is 7.57. The predicted molar refractivity (Wildman–Crippen MR) is 52.1 cm³/mol. The van der Waals surface area contributed by atoms with Crippen molar-refractivity contribution in [2.45, 2.75) is 44.9 Å². The average Bonchev–Trinajstić information content (AvgIpc) is 2.07. The van der Waals surface area contributed by atoms with Gasteiger partial charge in [0, 0.05) is 0 Å². The predicted octanol–water partition coefficient (Wildman–Crippen LogP) is 3.46. The van der Waals surface area contributed by atoms with Crippen molar-refractivity contribution in [2.24, 2.45) is 5.41 Å². The molecule has 1 spiro atoms. The normalized spacial score (nSPS) is 30.5. The van der Waals surface area contributed by atoms with Crippen molar-refractivity contribution in [3.8, 4) is 0 Å². The summed E-state index contributed by atoms with van der Waals surface area (Å²) >= 11 is 2.20. The minimum absolute atomic E-state index is 0.821. The Morgan fingerprint density at radius 3 is 2.18 bits per heavy atom. The first-order valence-electron chi connectivity index (χ1n) is 4.99. The highest BCUT2D eigenvalue weighted by Crippen LogP contribution is 2.45. The lowest BCUT2D eigenvalue weighted by molar-refractivity contribution is 0.200. The molecule has 0 aromatic heterocycles. The summed E-state index contributed by atoms with van der Waals surface area (Å²) in [7, 11) is 0. The Morgan fingerprint density at radius 1 is 0.818 bits per heavy atom. The molecule has 2 aliphatic rings. The van der Waals surface area contributed by atoms with Crippen LogP contribution < -0.4 is 0 Å². The second-order valence-electron chi connectivity index (χ2n) is 4.22. The second kappa shape index (κ2) is 3.38. The molecule has 1 saturated carbocycles. The summed E-state index contributed by atoms with van der Waals surface area (Å²) in [4.78, 5) is 0. The highest BCUT2D eigenvalue weighted by Gasteiger charge is 2.33. The third-order valence-corrected chi connectivity index (χ3v) is 4.71. The van der Waals surface area contributed by atoms with Gasteiger partial charge in [-0.15, -0.1) is 0 Å². The second-order valence-corrected chi connectivity index (χ2v) is 5.32. The van der Waals surface area contributed by atoms with Gasteiger partial charge in [0.25, 0.3) is 0 Å². The van der Waals surface area contributed by atoms with Crippen LogP contribution in [0.25, 0.3) is 0 Å². The van der Waals surface area contributed by atoms with Crippen LogP contribution in [0.1, 0.15) is 44.9 Å². The maximum absolute atomic E-state index is 2.20. The maximum atomic E-state index is 2.20. The fourth-order valence-corrected chi connectivity index (χ4v) is 3.97. The van der Waals surface area contributed by atoms with Crippen LogP contribution in [0.2, 0.25) is 0 Å². The van der Waals surface area contributed by atoms with Crippen molar-refractivity contribution in [1.82, 2.24) is 0 Å². The molecular weight excluding hydrogens is 152 g/mol. The quantitative estimate of drug-likeness (QED) is 0.536. The molecule has 0 nitrogen and oxygen atoms in total. The molecule has 0 atom stereocenters. The van der Waals surface area contributed by atoms with E-state index in [1.54, 1.807) is 19.3 Å². The molecule has 0 aromatic carbocycles. The summed E-state index contributed by atoms with van der Waals surface area (Å²) in [5.74, 6) is 2.91. The van der Waals surface area contributed by atoms with Crippen LogP contribution >= 0.6 is 11.8 Å². The fraction of sp³-hybridized carbons (Fsp3) is 1.00. The smallest absolute Gasteiger partial charge is 0.00108 e. The van der Waals surface area contributed by atoms with Gasteiger partial charge in [0.05, 0.1) is 0 Å². The number of hydrogen-bond donors (Lipinski definition) is 0. The highest BCUT2D eigenvalue weighted by molar-refractivity contribution is 7.99. The zero-order valence-electron chi connectivity index (χ0n) is 7.27. The van der Waals surface area contributed by atoms with Gasteiger partial charge in [0.2, 0.25) is 0 Å². The van der Waals surface area contributed by atoms with Gasteiger partial charge in [-0.2, -0.15) is 11.8 Å². The molecule has 1 aliphatic carbocycles. The molecule has 0 radical (unpaired) electrons. The van der Waals surface area contributed by atoms with Crippen LogP contribution in [0.3, 0.4) is 0 Å². The summed E-state index contributed by atoms with van der Waals surface area (Å²) in [6, 6.07) is 0. The van der Waals surface area contributed by atoms with E-state index in [4.69, 9.17) is 0 Å². The molecule has 1 aliphatic heterocycles. The van der Waals surface area contributed by atoms with E-state index in [0.717, 1.165) is 5.41 Å². The minimum atomic E-state index is 0.821. The van der Waals surface area contributed by atoms with E-state index in [1.165, 1.54) is 37.2 Å². The van der Waals surface area contributed by atoms with Crippen LogP contribution in [0, 0.1) is 5.41 Å². The van der Waals surface area contributed by atoms with Crippen LogP contribution in [0.5, 0.6) is 0 Å². The van der Waals surface area contributed by atoms with E-state index in [-0.39, 0.29) is 0 Å². The van der Waals surface area contributed by atoms with Gasteiger partial charge in [0.15, 0.2) is 0 Å². The van der Waals surface area contributed by atoms with Gasteiger partial charge in [0.1, 0.15) is 0 Å². The summed E-state index contributed by atoms with van der Waals surface area (Å²) in [5.41, 5.74) is 0.821. The molecule has 1 saturated heterocycles. The molecule has 1 heterocycles. The summed E-state index contributed by atoms with van der Waals surface area (Å²) in [5, 5.41) is 0. The van der Waals surface area contributed by atoms with Crippen molar-refractivity contribution in [3.05, 3.63) is 0 Å². The zero-order valence-corrected chi connectivity index (χ0v) is 8.09. The third-order valence-electron chi connectivity index (χ3n) is 3.32. The first-order chi connectivity index (χ1) is 5.41. The van der Waals surface area contributed by atoms with Crippen LogP contribution in [-0.2, 0) is 0 Å². The Labute approximate surface area is 74.1 Å². The van der Waals surface area contributed by atoms with Gasteiger partial charge in [-0.05, 0) is 42.6 Å². The molecule has 0 aromatic rings. The number of thioether (sulfide) groups is 1. The van der Waals surface area contributed by atoms with E-state index >= 15 is 0 Å². The molecule has 0 amide bonds. The van der Waals surface area contributed by atoms with E-state index in [0.29, 0.717) is 0 Å². The van der Waals surface area contributed by atoms with E-state index < -0.39 is 0 Å². The van der Waals surface area contributed by atoms with Gasteiger partial charge in [-0.25, -0.2) is 0 Å². The Morgan fingerprint density at radius 2 is 1.55 bits per heavy atom. The number of hydrogen-bond acceptors (Lipinski definition) is 1. The maximum Gasteiger partial charge on any atom is -0.00108 e. The standard InChI is InChI=1S/C10H18S/c1-2-5-10(6-3-1)7-4-8-11-9-10/h1-9H2. The fourth-order valence-electron chi connectivity index (χ4n) is 2.61. The SMILES string of the molecule is C1CCC2(CC1)CCCSC2. The Balaban J connectivity index is 1.94. The van der Waals surface area contributed by atoms with Crippen molar-refractivity contribution in [3.63, 3.8) is 0 Å². The lowest BCUT2D eigenvalue weighted by Crippen LogP contribution is -2.29. The monoisotopic (exact) mass is 170 g/mol. The van der Waals surface area contributed by atoms with E-state index in [1.807, 2.05) is 0 Å². The summed E-state index contributed by atoms with van der Waals surface area (Å²) < 4.78 is 0. The van der Waals surface area contributed by atoms with Gasteiger partial charge < -0.3 is 0 Å². The first kappa shape index (κ1) is 7.97. The molecule has 0 bridgehead atoms. The first-order valence-corrected chi connectivity index (χ1v) is 6.15. The van der Waals surface area contributed by atoms with E-state index in [2.05, 4.69) is 11.8 Å². The minimum Gasteiger partial charge on any atom is -0.161 e. The van der Waals surface area contributed by atoms with E-state index in [9.17, 15) is 0 Å². The van der Waals surface area contributed by atoms with Crippen molar-refractivity contribution < 1.29 is 0 Å². The molecular formula is C10H18S. The number of rotatable bonds is 0. The Hall–Kier alpha value is 0.350. The molecule has 64 valence electrons. The van der Waals surface area contributed by atoms with Crippen molar-refractivity contribution >= 4 is 11.8 Å². The van der Waals surface area contributed by atoms with Gasteiger partial charge >= 0.3 is 0 Å². The van der Waals surface area contributed by atoms with Crippen molar-refractivity contribution in [2.75, 3.05) is 11.5 Å². The molecule has 2 rings (SSSR count).